The third kappa shape index (κ3) is 4.67. The summed E-state index contributed by atoms with van der Waals surface area (Å²) in [5, 5.41) is 3.71. The highest BCUT2D eigenvalue weighted by Crippen LogP contribution is 2.19. The highest BCUT2D eigenvalue weighted by molar-refractivity contribution is 5.87. The van der Waals surface area contributed by atoms with Crippen molar-refractivity contribution in [1.82, 2.24) is 10.3 Å². The molecule has 0 saturated carbocycles. The van der Waals surface area contributed by atoms with Crippen molar-refractivity contribution in [3.63, 3.8) is 0 Å². The number of carbonyl (C=O) groups excluding carboxylic acids is 2. The topological polar surface area (TPSA) is 80.4 Å². The van der Waals surface area contributed by atoms with Crippen molar-refractivity contribution >= 4 is 22.8 Å². The molecule has 0 radical (unpaired) electrons. The number of carbonyl (C=O) groups is 2. The molecule has 0 bridgehead atoms. The van der Waals surface area contributed by atoms with Crippen LogP contribution in [0.2, 0.25) is 0 Å². The van der Waals surface area contributed by atoms with Gasteiger partial charge in [0.05, 0.1) is 7.11 Å². The van der Waals surface area contributed by atoms with Crippen molar-refractivity contribution in [3.05, 3.63) is 65.9 Å². The molecule has 2 aromatic carbocycles. The summed E-state index contributed by atoms with van der Waals surface area (Å²) in [5.74, 6) is -0.271. The van der Waals surface area contributed by atoms with Crippen LogP contribution in [0.4, 0.5) is 0 Å². The van der Waals surface area contributed by atoms with Gasteiger partial charge in [0.2, 0.25) is 0 Å². The number of esters is 1. The van der Waals surface area contributed by atoms with Crippen LogP contribution in [-0.4, -0.2) is 36.6 Å². The van der Waals surface area contributed by atoms with Gasteiger partial charge in [0, 0.05) is 23.5 Å². The number of aromatic nitrogens is 1. The fraction of sp³-hybridized carbons (Fsp3) is 0.238. The van der Waals surface area contributed by atoms with Gasteiger partial charge in [-0.1, -0.05) is 30.3 Å². The van der Waals surface area contributed by atoms with Crippen LogP contribution in [0.15, 0.2) is 54.7 Å². The first-order valence-corrected chi connectivity index (χ1v) is 8.68. The summed E-state index contributed by atoms with van der Waals surface area (Å²) in [4.78, 5) is 27.6. The summed E-state index contributed by atoms with van der Waals surface area (Å²) < 4.78 is 10.3. The molecule has 1 heterocycles. The van der Waals surface area contributed by atoms with Crippen molar-refractivity contribution < 1.29 is 19.1 Å². The minimum Gasteiger partial charge on any atom is -0.484 e. The van der Waals surface area contributed by atoms with Gasteiger partial charge >= 0.3 is 5.97 Å². The molecule has 0 aliphatic rings. The van der Waals surface area contributed by atoms with Crippen molar-refractivity contribution in [1.29, 1.82) is 0 Å². The lowest BCUT2D eigenvalue weighted by Gasteiger charge is -2.16. The largest absolute Gasteiger partial charge is 0.484 e. The van der Waals surface area contributed by atoms with Gasteiger partial charge in [-0.2, -0.15) is 0 Å². The number of amides is 1. The second-order valence-electron chi connectivity index (χ2n) is 6.31. The van der Waals surface area contributed by atoms with Crippen LogP contribution in [0.1, 0.15) is 11.1 Å². The van der Waals surface area contributed by atoms with Crippen molar-refractivity contribution in [3.8, 4) is 5.75 Å². The zero-order valence-electron chi connectivity index (χ0n) is 15.3. The summed E-state index contributed by atoms with van der Waals surface area (Å²) in [6.45, 7) is 1.77. The first-order chi connectivity index (χ1) is 13.1. The average molecular weight is 366 g/mol. The summed E-state index contributed by atoms with van der Waals surface area (Å²) >= 11 is 0. The third-order valence-corrected chi connectivity index (χ3v) is 4.28. The monoisotopic (exact) mass is 366 g/mol. The molecule has 140 valence electrons. The van der Waals surface area contributed by atoms with E-state index in [4.69, 9.17) is 9.47 Å². The SMILES string of the molecule is COC(=O)C(Cc1c[nH]c2ccccc12)NC(=O)COc1cccc(C)c1. The predicted molar refractivity (Wildman–Crippen MR) is 103 cm³/mol. The van der Waals surface area contributed by atoms with E-state index in [1.54, 1.807) is 6.07 Å². The molecule has 6 nitrogen and oxygen atoms in total. The van der Waals surface area contributed by atoms with E-state index < -0.39 is 12.0 Å². The standard InChI is InChI=1S/C21H22N2O4/c1-14-6-5-7-16(10-14)27-13-20(24)23-19(21(25)26-2)11-15-12-22-18-9-4-3-8-17(15)18/h3-10,12,19,22H,11,13H2,1-2H3,(H,23,24). The van der Waals surface area contributed by atoms with Crippen LogP contribution in [0.25, 0.3) is 10.9 Å². The highest BCUT2D eigenvalue weighted by atomic mass is 16.5. The molecule has 1 unspecified atom stereocenters. The van der Waals surface area contributed by atoms with E-state index in [2.05, 4.69) is 10.3 Å². The molecule has 3 aromatic rings. The number of aryl methyl sites for hydroxylation is 1. The van der Waals surface area contributed by atoms with Crippen LogP contribution < -0.4 is 10.1 Å². The maximum atomic E-state index is 12.3. The lowest BCUT2D eigenvalue weighted by molar-refractivity contribution is -0.145. The van der Waals surface area contributed by atoms with E-state index in [0.29, 0.717) is 12.2 Å². The number of H-pyrrole nitrogens is 1. The molecule has 0 spiro atoms. The lowest BCUT2D eigenvalue weighted by Crippen LogP contribution is -2.44. The van der Waals surface area contributed by atoms with E-state index in [0.717, 1.165) is 22.0 Å². The van der Waals surface area contributed by atoms with Crippen molar-refractivity contribution in [2.24, 2.45) is 0 Å². The molecule has 0 fully saturated rings. The van der Waals surface area contributed by atoms with Crippen molar-refractivity contribution in [2.45, 2.75) is 19.4 Å². The predicted octanol–water partition coefficient (Wildman–Crippen LogP) is 2.76. The molecule has 2 N–H and O–H groups in total. The van der Waals surface area contributed by atoms with E-state index in [1.165, 1.54) is 7.11 Å². The Morgan fingerprint density at radius 3 is 2.74 bits per heavy atom. The van der Waals surface area contributed by atoms with Gasteiger partial charge in [0.15, 0.2) is 6.61 Å². The Hall–Kier alpha value is -3.28. The quantitative estimate of drug-likeness (QED) is 0.630. The molecule has 6 heteroatoms. The average Bonchev–Trinajstić information content (AvgIpc) is 3.08. The number of hydrogen-bond acceptors (Lipinski definition) is 4. The molecule has 1 atom stereocenters. The molecule has 1 aromatic heterocycles. The molecule has 1 amide bonds. The number of rotatable bonds is 7. The van der Waals surface area contributed by atoms with Crippen molar-refractivity contribution in [2.75, 3.05) is 13.7 Å². The third-order valence-electron chi connectivity index (χ3n) is 4.28. The number of methoxy groups -OCH3 is 1. The number of fused-ring (bicyclic) bond motifs is 1. The van der Waals surface area contributed by atoms with E-state index in [-0.39, 0.29) is 12.5 Å². The van der Waals surface area contributed by atoms with Gasteiger partial charge in [-0.15, -0.1) is 0 Å². The number of para-hydroxylation sites is 1. The Morgan fingerprint density at radius 2 is 1.96 bits per heavy atom. The minimum atomic E-state index is -0.789. The molecule has 3 rings (SSSR count). The Labute approximate surface area is 157 Å². The maximum absolute atomic E-state index is 12.3. The number of hydrogen-bond donors (Lipinski definition) is 2. The fourth-order valence-electron chi connectivity index (χ4n) is 2.95. The first kappa shape index (κ1) is 18.5. The number of ether oxygens (including phenoxy) is 2. The Morgan fingerprint density at radius 1 is 1.15 bits per heavy atom. The summed E-state index contributed by atoms with van der Waals surface area (Å²) in [6.07, 6.45) is 2.17. The van der Waals surface area contributed by atoms with Crippen LogP contribution in [0.5, 0.6) is 5.75 Å². The second kappa shape index (κ2) is 8.40. The Bertz CT molecular complexity index is 948. The first-order valence-electron chi connectivity index (χ1n) is 8.68. The number of nitrogens with one attached hydrogen (secondary N) is 2. The number of benzene rings is 2. The highest BCUT2D eigenvalue weighted by Gasteiger charge is 2.23. The molecule has 0 aliphatic carbocycles. The Balaban J connectivity index is 1.66. The molecular weight excluding hydrogens is 344 g/mol. The smallest absolute Gasteiger partial charge is 0.328 e. The molecule has 27 heavy (non-hydrogen) atoms. The van der Waals surface area contributed by atoms with Gasteiger partial charge < -0.3 is 19.8 Å². The summed E-state index contributed by atoms with van der Waals surface area (Å²) in [5.41, 5.74) is 2.95. The zero-order chi connectivity index (χ0) is 19.2. The normalized spacial score (nSPS) is 11.8. The summed E-state index contributed by atoms with van der Waals surface area (Å²) in [7, 11) is 1.31. The fourth-order valence-corrected chi connectivity index (χ4v) is 2.95. The van der Waals surface area contributed by atoms with Gasteiger partial charge in [-0.05, 0) is 36.2 Å². The maximum Gasteiger partial charge on any atom is 0.328 e. The van der Waals surface area contributed by atoms with E-state index in [9.17, 15) is 9.59 Å². The number of aromatic amines is 1. The summed E-state index contributed by atoms with van der Waals surface area (Å²) in [6, 6.07) is 14.4. The van der Waals surface area contributed by atoms with Crippen LogP contribution in [-0.2, 0) is 20.7 Å². The molecular formula is C21H22N2O4. The van der Waals surface area contributed by atoms with Gasteiger partial charge in [0.1, 0.15) is 11.8 Å². The van der Waals surface area contributed by atoms with Crippen LogP contribution in [0.3, 0.4) is 0 Å². The van der Waals surface area contributed by atoms with Crippen LogP contribution in [0, 0.1) is 6.92 Å². The Kier molecular flexibility index (Phi) is 5.76. The van der Waals surface area contributed by atoms with Crippen LogP contribution >= 0.6 is 0 Å². The van der Waals surface area contributed by atoms with E-state index >= 15 is 0 Å². The zero-order valence-corrected chi connectivity index (χ0v) is 15.3. The van der Waals surface area contributed by atoms with Gasteiger partial charge in [-0.25, -0.2) is 4.79 Å². The van der Waals surface area contributed by atoms with Gasteiger partial charge in [-0.3, -0.25) is 4.79 Å². The van der Waals surface area contributed by atoms with E-state index in [1.807, 2.05) is 55.6 Å². The molecule has 0 aliphatic heterocycles. The lowest BCUT2D eigenvalue weighted by atomic mass is 10.0. The molecule has 0 saturated heterocycles. The second-order valence-corrected chi connectivity index (χ2v) is 6.31. The minimum absolute atomic E-state index is 0.176. The van der Waals surface area contributed by atoms with Gasteiger partial charge in [0.25, 0.3) is 5.91 Å².